The molecule has 0 heterocycles. The number of ether oxygens (including phenoxy) is 1. The number of amides is 1. The summed E-state index contributed by atoms with van der Waals surface area (Å²) in [5, 5.41) is 5.77. The molecule has 0 aromatic heterocycles. The molecule has 0 radical (unpaired) electrons. The van der Waals surface area contributed by atoms with Gasteiger partial charge in [0.1, 0.15) is 0 Å². The van der Waals surface area contributed by atoms with Gasteiger partial charge in [-0.1, -0.05) is 0 Å². The SMILES string of the molecule is CNCC(=O)NCC1(CCOC)CC1.Cl. The molecule has 90 valence electrons. The normalized spacial score (nSPS) is 16.7. The first-order valence-electron chi connectivity index (χ1n) is 5.13. The molecule has 1 aliphatic rings. The second-order valence-electron chi connectivity index (χ2n) is 4.05. The second-order valence-corrected chi connectivity index (χ2v) is 4.05. The fourth-order valence-corrected chi connectivity index (χ4v) is 1.52. The van der Waals surface area contributed by atoms with Gasteiger partial charge in [0.05, 0.1) is 6.54 Å². The van der Waals surface area contributed by atoms with E-state index in [-0.39, 0.29) is 18.3 Å². The summed E-state index contributed by atoms with van der Waals surface area (Å²) in [6, 6.07) is 0. The Hall–Kier alpha value is -0.320. The van der Waals surface area contributed by atoms with Crippen molar-refractivity contribution in [3.05, 3.63) is 0 Å². The molecule has 0 atom stereocenters. The van der Waals surface area contributed by atoms with Gasteiger partial charge in [-0.05, 0) is 31.7 Å². The Morgan fingerprint density at radius 3 is 2.60 bits per heavy atom. The van der Waals surface area contributed by atoms with Crippen molar-refractivity contribution in [2.24, 2.45) is 5.41 Å². The highest BCUT2D eigenvalue weighted by Crippen LogP contribution is 2.48. The van der Waals surface area contributed by atoms with Crippen molar-refractivity contribution < 1.29 is 9.53 Å². The smallest absolute Gasteiger partial charge is 0.233 e. The fourth-order valence-electron chi connectivity index (χ4n) is 1.52. The molecule has 0 bridgehead atoms. The van der Waals surface area contributed by atoms with E-state index >= 15 is 0 Å². The third-order valence-corrected chi connectivity index (χ3v) is 2.79. The zero-order valence-electron chi connectivity index (χ0n) is 9.47. The van der Waals surface area contributed by atoms with Crippen molar-refractivity contribution in [3.8, 4) is 0 Å². The van der Waals surface area contributed by atoms with E-state index in [2.05, 4.69) is 10.6 Å². The molecule has 1 rings (SSSR count). The molecule has 15 heavy (non-hydrogen) atoms. The Labute approximate surface area is 97.5 Å². The summed E-state index contributed by atoms with van der Waals surface area (Å²) < 4.78 is 5.05. The molecule has 1 amide bonds. The van der Waals surface area contributed by atoms with Crippen LogP contribution in [0.3, 0.4) is 0 Å². The maximum Gasteiger partial charge on any atom is 0.233 e. The Balaban J connectivity index is 0.00000196. The van der Waals surface area contributed by atoms with E-state index in [0.717, 1.165) is 19.6 Å². The van der Waals surface area contributed by atoms with E-state index in [9.17, 15) is 4.79 Å². The van der Waals surface area contributed by atoms with E-state index in [1.165, 1.54) is 12.8 Å². The topological polar surface area (TPSA) is 50.4 Å². The minimum absolute atomic E-state index is 0. The van der Waals surface area contributed by atoms with Gasteiger partial charge < -0.3 is 15.4 Å². The highest BCUT2D eigenvalue weighted by molar-refractivity contribution is 5.85. The van der Waals surface area contributed by atoms with E-state index in [4.69, 9.17) is 4.74 Å². The van der Waals surface area contributed by atoms with Gasteiger partial charge in [0, 0.05) is 20.3 Å². The van der Waals surface area contributed by atoms with Gasteiger partial charge in [0.25, 0.3) is 0 Å². The van der Waals surface area contributed by atoms with Crippen LogP contribution < -0.4 is 10.6 Å². The summed E-state index contributed by atoms with van der Waals surface area (Å²) in [5.41, 5.74) is 0.347. The third kappa shape index (κ3) is 5.35. The first kappa shape index (κ1) is 14.7. The summed E-state index contributed by atoms with van der Waals surface area (Å²) >= 11 is 0. The maximum absolute atomic E-state index is 11.2. The van der Waals surface area contributed by atoms with E-state index in [1.54, 1.807) is 14.2 Å². The number of rotatable bonds is 7. The summed E-state index contributed by atoms with van der Waals surface area (Å²) in [6.07, 6.45) is 3.50. The standard InChI is InChI=1S/C10H20N2O2.ClH/c1-11-7-9(13)12-8-10(3-4-10)5-6-14-2;/h11H,3-8H2,1-2H3,(H,12,13);1H. The molecule has 1 aliphatic carbocycles. The average Bonchev–Trinajstić information content (AvgIpc) is 2.93. The molecule has 0 saturated heterocycles. The molecular formula is C10H21ClN2O2. The van der Waals surface area contributed by atoms with Gasteiger partial charge in [-0.15, -0.1) is 12.4 Å². The Bertz CT molecular complexity index is 196. The Morgan fingerprint density at radius 2 is 2.13 bits per heavy atom. The van der Waals surface area contributed by atoms with Crippen molar-refractivity contribution in [2.45, 2.75) is 19.3 Å². The van der Waals surface area contributed by atoms with Crippen molar-refractivity contribution in [1.82, 2.24) is 10.6 Å². The molecule has 0 aliphatic heterocycles. The maximum atomic E-state index is 11.2. The number of carbonyl (C=O) groups excluding carboxylic acids is 1. The monoisotopic (exact) mass is 236 g/mol. The number of carbonyl (C=O) groups is 1. The Morgan fingerprint density at radius 1 is 1.47 bits per heavy atom. The van der Waals surface area contributed by atoms with Gasteiger partial charge in [-0.3, -0.25) is 4.79 Å². The molecule has 0 aromatic rings. The summed E-state index contributed by atoms with van der Waals surface area (Å²) in [7, 11) is 3.49. The van der Waals surface area contributed by atoms with E-state index < -0.39 is 0 Å². The van der Waals surface area contributed by atoms with Crippen molar-refractivity contribution in [2.75, 3.05) is 33.9 Å². The lowest BCUT2D eigenvalue weighted by atomic mass is 10.0. The van der Waals surface area contributed by atoms with E-state index in [0.29, 0.717) is 12.0 Å². The molecule has 0 spiro atoms. The Kier molecular flexibility index (Phi) is 6.89. The van der Waals surface area contributed by atoms with Gasteiger partial charge in [-0.25, -0.2) is 0 Å². The lowest BCUT2D eigenvalue weighted by Crippen LogP contribution is -2.36. The summed E-state index contributed by atoms with van der Waals surface area (Å²) in [5.74, 6) is 0.0798. The van der Waals surface area contributed by atoms with Gasteiger partial charge in [-0.2, -0.15) is 0 Å². The molecule has 1 saturated carbocycles. The van der Waals surface area contributed by atoms with E-state index in [1.807, 2.05) is 0 Å². The predicted octanol–water partition coefficient (Wildman–Crippen LogP) is 0.560. The predicted molar refractivity (Wildman–Crippen MR) is 62.3 cm³/mol. The van der Waals surface area contributed by atoms with Crippen LogP contribution in [-0.4, -0.2) is 39.8 Å². The lowest BCUT2D eigenvalue weighted by Gasteiger charge is -2.15. The van der Waals surface area contributed by atoms with Crippen molar-refractivity contribution in [3.63, 3.8) is 0 Å². The quantitative estimate of drug-likeness (QED) is 0.679. The molecule has 1 fully saturated rings. The highest BCUT2D eigenvalue weighted by Gasteiger charge is 2.41. The molecule has 0 aromatic carbocycles. The molecule has 5 heteroatoms. The minimum atomic E-state index is 0. The van der Waals surface area contributed by atoms with Crippen molar-refractivity contribution >= 4 is 18.3 Å². The van der Waals surface area contributed by atoms with Crippen LogP contribution in [0.2, 0.25) is 0 Å². The van der Waals surface area contributed by atoms with Gasteiger partial charge in [0.2, 0.25) is 5.91 Å². The van der Waals surface area contributed by atoms with Crippen molar-refractivity contribution in [1.29, 1.82) is 0 Å². The summed E-state index contributed by atoms with van der Waals surface area (Å²) in [6.45, 7) is 2.00. The van der Waals surface area contributed by atoms with Crippen LogP contribution in [0, 0.1) is 5.41 Å². The number of methoxy groups -OCH3 is 1. The van der Waals surface area contributed by atoms with Crippen LogP contribution in [0.15, 0.2) is 0 Å². The second kappa shape index (κ2) is 7.04. The number of hydrogen-bond donors (Lipinski definition) is 2. The van der Waals surface area contributed by atoms with Gasteiger partial charge in [0.15, 0.2) is 0 Å². The third-order valence-electron chi connectivity index (χ3n) is 2.79. The van der Waals surface area contributed by atoms with Crippen LogP contribution in [0.25, 0.3) is 0 Å². The zero-order valence-corrected chi connectivity index (χ0v) is 10.3. The van der Waals surface area contributed by atoms with Crippen LogP contribution in [-0.2, 0) is 9.53 Å². The van der Waals surface area contributed by atoms with Crippen LogP contribution in [0.5, 0.6) is 0 Å². The van der Waals surface area contributed by atoms with Crippen LogP contribution in [0.1, 0.15) is 19.3 Å². The fraction of sp³-hybridized carbons (Fsp3) is 0.900. The minimum Gasteiger partial charge on any atom is -0.385 e. The molecule has 4 nitrogen and oxygen atoms in total. The average molecular weight is 237 g/mol. The number of halogens is 1. The first-order valence-corrected chi connectivity index (χ1v) is 5.13. The largest absolute Gasteiger partial charge is 0.385 e. The molecule has 0 unspecified atom stereocenters. The number of nitrogens with one attached hydrogen (secondary N) is 2. The summed E-state index contributed by atoms with van der Waals surface area (Å²) in [4.78, 5) is 11.2. The first-order chi connectivity index (χ1) is 6.72. The van der Waals surface area contributed by atoms with Gasteiger partial charge >= 0.3 is 0 Å². The number of hydrogen-bond acceptors (Lipinski definition) is 3. The lowest BCUT2D eigenvalue weighted by molar-refractivity contribution is -0.120. The van der Waals surface area contributed by atoms with Crippen LogP contribution in [0.4, 0.5) is 0 Å². The molecule has 2 N–H and O–H groups in total. The molecular weight excluding hydrogens is 216 g/mol. The zero-order chi connectivity index (χ0) is 10.4. The number of likely N-dealkylation sites (N-methyl/N-ethyl adjacent to an activating group) is 1. The highest BCUT2D eigenvalue weighted by atomic mass is 35.5. The van der Waals surface area contributed by atoms with Crippen LogP contribution >= 0.6 is 12.4 Å².